The second-order valence-corrected chi connectivity index (χ2v) is 7.55. The molecule has 4 aromatic rings. The summed E-state index contributed by atoms with van der Waals surface area (Å²) < 4.78 is 9.55. The Balaban J connectivity index is 1.48. The van der Waals surface area contributed by atoms with E-state index in [4.69, 9.17) is 14.7 Å². The summed E-state index contributed by atoms with van der Waals surface area (Å²) in [4.78, 5) is 16.1. The van der Waals surface area contributed by atoms with Crippen molar-refractivity contribution in [3.05, 3.63) is 42.1 Å². The van der Waals surface area contributed by atoms with E-state index in [-0.39, 0.29) is 0 Å². The Morgan fingerprint density at radius 3 is 2.62 bits per heavy atom. The summed E-state index contributed by atoms with van der Waals surface area (Å²) in [5.74, 6) is 0.693. The second kappa shape index (κ2) is 7.53. The highest BCUT2D eigenvalue weighted by Gasteiger charge is 2.18. The molecule has 1 fully saturated rings. The highest BCUT2D eigenvalue weighted by Crippen LogP contribution is 2.28. The number of nitrogens with zero attached hydrogens (tertiary/aromatic N) is 7. The molecule has 0 bridgehead atoms. The van der Waals surface area contributed by atoms with Crippen molar-refractivity contribution in [3.8, 4) is 11.4 Å². The van der Waals surface area contributed by atoms with Gasteiger partial charge in [-0.25, -0.2) is 14.5 Å². The molecule has 0 amide bonds. The van der Waals surface area contributed by atoms with Crippen LogP contribution in [0.25, 0.3) is 28.1 Å². The lowest BCUT2D eigenvalue weighted by Gasteiger charge is -2.26. The molecule has 5 rings (SSSR count). The van der Waals surface area contributed by atoms with Gasteiger partial charge in [0.15, 0.2) is 11.5 Å². The minimum atomic E-state index is 0.693. The van der Waals surface area contributed by atoms with E-state index in [1.54, 1.807) is 23.2 Å². The monoisotopic (exact) mass is 391 g/mol. The number of pyridine rings is 1. The van der Waals surface area contributed by atoms with Crippen molar-refractivity contribution in [2.75, 3.05) is 32.8 Å². The number of fused-ring (bicyclic) bond motifs is 3. The molecule has 1 aliphatic heterocycles. The van der Waals surface area contributed by atoms with Gasteiger partial charge in [0.05, 0.1) is 18.6 Å². The fourth-order valence-corrected chi connectivity index (χ4v) is 4.10. The first-order valence-electron chi connectivity index (χ1n) is 10.1. The summed E-state index contributed by atoms with van der Waals surface area (Å²) in [6.07, 6.45) is 6.38. The molecule has 0 aliphatic carbocycles. The van der Waals surface area contributed by atoms with Gasteiger partial charge in [-0.3, -0.25) is 9.88 Å². The topological polar surface area (TPSA) is 73.4 Å². The van der Waals surface area contributed by atoms with E-state index in [1.165, 1.54) is 11.3 Å². The molecule has 0 spiro atoms. The number of morpholine rings is 1. The van der Waals surface area contributed by atoms with Gasteiger partial charge in [-0.1, -0.05) is 0 Å². The van der Waals surface area contributed by atoms with Gasteiger partial charge in [0, 0.05) is 49.8 Å². The lowest BCUT2D eigenvalue weighted by atomic mass is 10.2. The van der Waals surface area contributed by atoms with E-state index in [1.807, 2.05) is 12.1 Å². The Bertz CT molecular complexity index is 1140. The van der Waals surface area contributed by atoms with Crippen LogP contribution < -0.4 is 0 Å². The zero-order valence-electron chi connectivity index (χ0n) is 16.9. The van der Waals surface area contributed by atoms with Crippen LogP contribution in [0.15, 0.2) is 30.9 Å². The van der Waals surface area contributed by atoms with Gasteiger partial charge in [-0.15, -0.1) is 5.10 Å². The lowest BCUT2D eigenvalue weighted by molar-refractivity contribution is 0.0369. The Morgan fingerprint density at radius 1 is 1.03 bits per heavy atom. The zero-order valence-corrected chi connectivity index (χ0v) is 16.9. The summed E-state index contributed by atoms with van der Waals surface area (Å²) in [5.41, 5.74) is 5.27. The largest absolute Gasteiger partial charge is 0.379 e. The highest BCUT2D eigenvalue weighted by atomic mass is 16.5. The van der Waals surface area contributed by atoms with Gasteiger partial charge in [0.1, 0.15) is 12.0 Å². The van der Waals surface area contributed by atoms with E-state index in [0.717, 1.165) is 68.1 Å². The second-order valence-electron chi connectivity index (χ2n) is 7.55. The number of hydrogen-bond acceptors (Lipinski definition) is 6. The van der Waals surface area contributed by atoms with Crippen molar-refractivity contribution in [2.45, 2.75) is 26.8 Å². The van der Waals surface area contributed by atoms with E-state index >= 15 is 0 Å². The molecule has 1 aliphatic rings. The molecule has 0 atom stereocenters. The minimum absolute atomic E-state index is 0.693. The van der Waals surface area contributed by atoms with Crippen LogP contribution >= 0.6 is 0 Å². The van der Waals surface area contributed by atoms with Crippen molar-refractivity contribution in [3.63, 3.8) is 0 Å². The van der Waals surface area contributed by atoms with Crippen LogP contribution in [0.1, 0.15) is 17.7 Å². The molecule has 0 unspecified atom stereocenters. The molecule has 1 saturated heterocycles. The fourth-order valence-electron chi connectivity index (χ4n) is 4.10. The van der Waals surface area contributed by atoms with Gasteiger partial charge in [-0.2, -0.15) is 0 Å². The molecule has 150 valence electrons. The van der Waals surface area contributed by atoms with Gasteiger partial charge >= 0.3 is 0 Å². The van der Waals surface area contributed by atoms with Crippen LogP contribution in [0.5, 0.6) is 0 Å². The van der Waals surface area contributed by atoms with E-state index in [9.17, 15) is 0 Å². The maximum Gasteiger partial charge on any atom is 0.182 e. The van der Waals surface area contributed by atoms with Crippen molar-refractivity contribution in [1.29, 1.82) is 0 Å². The summed E-state index contributed by atoms with van der Waals surface area (Å²) in [7, 11) is 0. The van der Waals surface area contributed by atoms with Crippen LogP contribution in [-0.4, -0.2) is 66.9 Å². The standard InChI is InChI=1S/C21H25N7O/c1-15-16(2)27(9-3-8-26-10-12-29-13-11-26)20-18(15)21-24-19(25-28(21)14-23-20)17-4-6-22-7-5-17/h4-7,14H,3,8-13H2,1-2H3. The summed E-state index contributed by atoms with van der Waals surface area (Å²) in [6.45, 7) is 10.1. The van der Waals surface area contributed by atoms with Crippen molar-refractivity contribution in [1.82, 2.24) is 34.0 Å². The quantitative estimate of drug-likeness (QED) is 0.520. The average Bonchev–Trinajstić information content (AvgIpc) is 3.30. The van der Waals surface area contributed by atoms with Crippen LogP contribution in [0.2, 0.25) is 0 Å². The van der Waals surface area contributed by atoms with Crippen LogP contribution in [0.4, 0.5) is 0 Å². The maximum absolute atomic E-state index is 5.44. The summed E-state index contributed by atoms with van der Waals surface area (Å²) in [6, 6.07) is 3.85. The molecule has 4 aromatic heterocycles. The molecular weight excluding hydrogens is 366 g/mol. The number of aryl methyl sites for hydroxylation is 2. The molecular formula is C21H25N7O. The molecule has 0 N–H and O–H groups in total. The van der Waals surface area contributed by atoms with Crippen LogP contribution in [0, 0.1) is 13.8 Å². The molecule has 5 heterocycles. The van der Waals surface area contributed by atoms with Crippen LogP contribution in [-0.2, 0) is 11.3 Å². The van der Waals surface area contributed by atoms with Crippen molar-refractivity contribution < 1.29 is 4.74 Å². The van der Waals surface area contributed by atoms with Gasteiger partial charge < -0.3 is 9.30 Å². The number of ether oxygens (including phenoxy) is 1. The third-order valence-corrected chi connectivity index (χ3v) is 5.84. The van der Waals surface area contributed by atoms with Gasteiger partial charge in [0.2, 0.25) is 0 Å². The zero-order chi connectivity index (χ0) is 19.8. The molecule has 0 radical (unpaired) electrons. The lowest BCUT2D eigenvalue weighted by Crippen LogP contribution is -2.37. The normalized spacial score (nSPS) is 15.5. The fraction of sp³-hybridized carbons (Fsp3) is 0.429. The summed E-state index contributed by atoms with van der Waals surface area (Å²) in [5, 5.41) is 5.71. The number of hydrogen-bond donors (Lipinski definition) is 0. The number of rotatable bonds is 5. The smallest absolute Gasteiger partial charge is 0.182 e. The first-order chi connectivity index (χ1) is 14.2. The maximum atomic E-state index is 5.44. The molecule has 8 heteroatoms. The van der Waals surface area contributed by atoms with Gasteiger partial charge in [0.25, 0.3) is 0 Å². The SMILES string of the molecule is Cc1c(C)n(CCCN2CCOCC2)c2ncn3nc(-c4ccncc4)nc3c12. The van der Waals surface area contributed by atoms with Crippen molar-refractivity contribution >= 4 is 16.7 Å². The van der Waals surface area contributed by atoms with Crippen LogP contribution in [0.3, 0.4) is 0 Å². The third-order valence-electron chi connectivity index (χ3n) is 5.84. The van der Waals surface area contributed by atoms with Crippen molar-refractivity contribution in [2.24, 2.45) is 0 Å². The Morgan fingerprint density at radius 2 is 1.83 bits per heavy atom. The minimum Gasteiger partial charge on any atom is -0.379 e. The molecule has 0 aromatic carbocycles. The molecule has 8 nitrogen and oxygen atoms in total. The van der Waals surface area contributed by atoms with Gasteiger partial charge in [-0.05, 0) is 38.0 Å². The Hall–Kier alpha value is -2.84. The first-order valence-corrected chi connectivity index (χ1v) is 10.1. The van der Waals surface area contributed by atoms with E-state index in [2.05, 4.69) is 33.4 Å². The van der Waals surface area contributed by atoms with E-state index in [0.29, 0.717) is 5.82 Å². The first kappa shape index (κ1) is 18.2. The Labute approximate surface area is 169 Å². The predicted molar refractivity (Wildman–Crippen MR) is 111 cm³/mol. The summed E-state index contributed by atoms with van der Waals surface area (Å²) >= 11 is 0. The highest BCUT2D eigenvalue weighted by molar-refractivity contribution is 5.94. The Kier molecular flexibility index (Phi) is 4.73. The third kappa shape index (κ3) is 3.28. The number of aromatic nitrogens is 6. The molecule has 29 heavy (non-hydrogen) atoms. The van der Waals surface area contributed by atoms with E-state index < -0.39 is 0 Å². The average molecular weight is 391 g/mol. The predicted octanol–water partition coefficient (Wildman–Crippen LogP) is 2.48. The molecule has 0 saturated carbocycles.